The third kappa shape index (κ3) is 4.08. The van der Waals surface area contributed by atoms with Crippen molar-refractivity contribution in [3.63, 3.8) is 0 Å². The summed E-state index contributed by atoms with van der Waals surface area (Å²) >= 11 is 0. The van der Waals surface area contributed by atoms with E-state index in [9.17, 15) is 4.39 Å². The van der Waals surface area contributed by atoms with Crippen molar-refractivity contribution in [3.05, 3.63) is 0 Å². The normalized spacial score (nSPS) is 28.4. The lowest BCUT2D eigenvalue weighted by Gasteiger charge is -2.21. The summed E-state index contributed by atoms with van der Waals surface area (Å²) in [5.41, 5.74) is 0. The molecule has 0 radical (unpaired) electrons. The highest BCUT2D eigenvalue weighted by Gasteiger charge is 2.16. The highest BCUT2D eigenvalue weighted by Crippen LogP contribution is 2.17. The molecular weight excluding hydrogens is 165 g/mol. The van der Waals surface area contributed by atoms with Crippen LogP contribution in [0.5, 0.6) is 0 Å². The topological polar surface area (TPSA) is 3.24 Å². The SMILES string of the molecule is CCC(F)CN1CCCC(C)CC1. The van der Waals surface area contributed by atoms with Gasteiger partial charge in [-0.05, 0) is 44.7 Å². The van der Waals surface area contributed by atoms with E-state index in [1.54, 1.807) is 0 Å². The van der Waals surface area contributed by atoms with Gasteiger partial charge in [0, 0.05) is 6.54 Å². The maximum Gasteiger partial charge on any atom is 0.112 e. The molecule has 0 N–H and O–H groups in total. The minimum atomic E-state index is -0.617. The summed E-state index contributed by atoms with van der Waals surface area (Å²) in [6.07, 6.45) is 3.85. The smallest absolute Gasteiger partial charge is 0.112 e. The highest BCUT2D eigenvalue weighted by atomic mass is 19.1. The predicted octanol–water partition coefficient (Wildman–Crippen LogP) is 2.86. The van der Waals surface area contributed by atoms with E-state index >= 15 is 0 Å². The maximum absolute atomic E-state index is 13.1. The molecule has 0 saturated carbocycles. The fourth-order valence-corrected chi connectivity index (χ4v) is 1.91. The summed E-state index contributed by atoms with van der Waals surface area (Å²) in [5.74, 6) is 0.838. The first-order chi connectivity index (χ1) is 6.22. The van der Waals surface area contributed by atoms with E-state index in [1.165, 1.54) is 19.3 Å². The van der Waals surface area contributed by atoms with Crippen molar-refractivity contribution < 1.29 is 4.39 Å². The van der Waals surface area contributed by atoms with Gasteiger partial charge in [0.25, 0.3) is 0 Å². The van der Waals surface area contributed by atoms with Gasteiger partial charge in [0.15, 0.2) is 0 Å². The standard InChI is InChI=1S/C11H22FN/c1-3-11(12)9-13-7-4-5-10(2)6-8-13/h10-11H,3-9H2,1-2H3. The van der Waals surface area contributed by atoms with Crippen molar-refractivity contribution in [1.82, 2.24) is 4.90 Å². The number of rotatable bonds is 3. The van der Waals surface area contributed by atoms with Crippen LogP contribution in [-0.2, 0) is 0 Å². The molecule has 0 aromatic heterocycles. The molecule has 1 rings (SSSR count). The molecule has 1 nitrogen and oxygen atoms in total. The van der Waals surface area contributed by atoms with E-state index in [0.29, 0.717) is 13.0 Å². The Morgan fingerprint density at radius 2 is 2.15 bits per heavy atom. The Bertz CT molecular complexity index is 138. The van der Waals surface area contributed by atoms with Gasteiger partial charge in [-0.25, -0.2) is 4.39 Å². The Balaban J connectivity index is 2.25. The number of likely N-dealkylation sites (tertiary alicyclic amines) is 1. The van der Waals surface area contributed by atoms with Gasteiger partial charge in [0.1, 0.15) is 6.17 Å². The summed E-state index contributed by atoms with van der Waals surface area (Å²) in [4.78, 5) is 2.29. The van der Waals surface area contributed by atoms with Crippen molar-refractivity contribution in [3.8, 4) is 0 Å². The Kier molecular flexibility index (Phi) is 4.71. The molecule has 1 saturated heterocycles. The average Bonchev–Trinajstić information content (AvgIpc) is 2.31. The lowest BCUT2D eigenvalue weighted by atomic mass is 10.0. The van der Waals surface area contributed by atoms with Crippen LogP contribution in [0.3, 0.4) is 0 Å². The fraction of sp³-hybridized carbons (Fsp3) is 1.00. The molecule has 0 aliphatic carbocycles. The molecule has 0 aromatic carbocycles. The average molecular weight is 187 g/mol. The van der Waals surface area contributed by atoms with Crippen molar-refractivity contribution in [1.29, 1.82) is 0 Å². The molecular formula is C11H22FN. The number of nitrogens with zero attached hydrogens (tertiary/aromatic N) is 1. The van der Waals surface area contributed by atoms with Crippen LogP contribution in [-0.4, -0.2) is 30.7 Å². The quantitative estimate of drug-likeness (QED) is 0.656. The molecule has 2 atom stereocenters. The Hall–Kier alpha value is -0.110. The second-order valence-corrected chi connectivity index (χ2v) is 4.34. The first-order valence-corrected chi connectivity index (χ1v) is 5.58. The molecule has 13 heavy (non-hydrogen) atoms. The van der Waals surface area contributed by atoms with E-state index < -0.39 is 6.17 Å². The zero-order valence-electron chi connectivity index (χ0n) is 8.93. The molecule has 1 aliphatic rings. The zero-order chi connectivity index (χ0) is 9.68. The van der Waals surface area contributed by atoms with Gasteiger partial charge < -0.3 is 4.90 Å². The Labute approximate surface area is 81.3 Å². The Morgan fingerprint density at radius 3 is 2.85 bits per heavy atom. The highest BCUT2D eigenvalue weighted by molar-refractivity contribution is 4.70. The second kappa shape index (κ2) is 5.58. The molecule has 0 aromatic rings. The van der Waals surface area contributed by atoms with Gasteiger partial charge in [-0.3, -0.25) is 0 Å². The van der Waals surface area contributed by atoms with Crippen molar-refractivity contribution in [2.75, 3.05) is 19.6 Å². The molecule has 1 heterocycles. The maximum atomic E-state index is 13.1. The first kappa shape index (κ1) is 11.0. The van der Waals surface area contributed by atoms with E-state index in [4.69, 9.17) is 0 Å². The molecule has 1 aliphatic heterocycles. The van der Waals surface area contributed by atoms with Gasteiger partial charge in [-0.15, -0.1) is 0 Å². The third-order valence-corrected chi connectivity index (χ3v) is 3.01. The van der Waals surface area contributed by atoms with Crippen LogP contribution in [0.2, 0.25) is 0 Å². The van der Waals surface area contributed by atoms with Crippen LogP contribution in [0, 0.1) is 5.92 Å². The second-order valence-electron chi connectivity index (χ2n) is 4.34. The lowest BCUT2D eigenvalue weighted by Crippen LogP contribution is -2.31. The van der Waals surface area contributed by atoms with E-state index in [2.05, 4.69) is 11.8 Å². The fourth-order valence-electron chi connectivity index (χ4n) is 1.91. The van der Waals surface area contributed by atoms with Gasteiger partial charge in [-0.2, -0.15) is 0 Å². The monoisotopic (exact) mass is 187 g/mol. The first-order valence-electron chi connectivity index (χ1n) is 5.58. The summed E-state index contributed by atoms with van der Waals surface area (Å²) in [5, 5.41) is 0. The van der Waals surface area contributed by atoms with Crippen molar-refractivity contribution >= 4 is 0 Å². The number of alkyl halides is 1. The van der Waals surface area contributed by atoms with Crippen LogP contribution < -0.4 is 0 Å². The summed E-state index contributed by atoms with van der Waals surface area (Å²) in [6, 6.07) is 0. The van der Waals surface area contributed by atoms with Crippen LogP contribution >= 0.6 is 0 Å². The molecule has 78 valence electrons. The zero-order valence-corrected chi connectivity index (χ0v) is 8.93. The minimum Gasteiger partial charge on any atom is -0.300 e. The van der Waals surface area contributed by atoms with Crippen molar-refractivity contribution in [2.45, 2.75) is 45.7 Å². The number of hydrogen-bond donors (Lipinski definition) is 0. The largest absolute Gasteiger partial charge is 0.300 e. The molecule has 2 unspecified atom stereocenters. The number of hydrogen-bond acceptors (Lipinski definition) is 1. The predicted molar refractivity (Wildman–Crippen MR) is 54.6 cm³/mol. The van der Waals surface area contributed by atoms with Gasteiger partial charge >= 0.3 is 0 Å². The van der Waals surface area contributed by atoms with E-state index in [1.807, 2.05) is 6.92 Å². The molecule has 1 fully saturated rings. The van der Waals surface area contributed by atoms with Crippen molar-refractivity contribution in [2.24, 2.45) is 5.92 Å². The summed E-state index contributed by atoms with van der Waals surface area (Å²) < 4.78 is 13.1. The molecule has 2 heteroatoms. The minimum absolute atomic E-state index is 0.617. The molecule has 0 amide bonds. The van der Waals surface area contributed by atoms with Crippen LogP contribution in [0.15, 0.2) is 0 Å². The Morgan fingerprint density at radius 1 is 1.38 bits per heavy atom. The van der Waals surface area contributed by atoms with Crippen LogP contribution in [0.1, 0.15) is 39.5 Å². The van der Waals surface area contributed by atoms with Crippen LogP contribution in [0.4, 0.5) is 4.39 Å². The van der Waals surface area contributed by atoms with Crippen LogP contribution in [0.25, 0.3) is 0 Å². The van der Waals surface area contributed by atoms with E-state index in [0.717, 1.165) is 19.0 Å². The van der Waals surface area contributed by atoms with Gasteiger partial charge in [0.05, 0.1) is 0 Å². The lowest BCUT2D eigenvalue weighted by molar-refractivity contribution is 0.191. The number of halogens is 1. The third-order valence-electron chi connectivity index (χ3n) is 3.01. The van der Waals surface area contributed by atoms with Gasteiger partial charge in [0.2, 0.25) is 0 Å². The summed E-state index contributed by atoms with van der Waals surface area (Å²) in [7, 11) is 0. The molecule has 0 bridgehead atoms. The summed E-state index contributed by atoms with van der Waals surface area (Å²) in [6.45, 7) is 7.08. The molecule has 0 spiro atoms. The van der Waals surface area contributed by atoms with Gasteiger partial charge in [-0.1, -0.05) is 13.8 Å². The van der Waals surface area contributed by atoms with E-state index in [-0.39, 0.29) is 0 Å².